The van der Waals surface area contributed by atoms with Crippen LogP contribution in [0.25, 0.3) is 0 Å². The molecule has 0 aromatic heterocycles. The average Bonchev–Trinajstić information content (AvgIpc) is 2.29. The molecule has 0 amide bonds. The largest absolute Gasteiger partial charge is 0.450 e. The van der Waals surface area contributed by atoms with Crippen molar-refractivity contribution in [3.05, 3.63) is 0 Å². The molecule has 2 unspecified atom stereocenters. The summed E-state index contributed by atoms with van der Waals surface area (Å²) < 4.78 is 27.9. The maximum absolute atomic E-state index is 10.7. The number of carbonyl (C=O) groups is 1. The van der Waals surface area contributed by atoms with Gasteiger partial charge in [0.15, 0.2) is 0 Å². The zero-order valence-electron chi connectivity index (χ0n) is 5.61. The van der Waals surface area contributed by atoms with E-state index in [-0.39, 0.29) is 12.2 Å². The van der Waals surface area contributed by atoms with Gasteiger partial charge in [-0.25, -0.2) is 13.1 Å². The first kappa shape index (κ1) is 8.90. The molecule has 1 fully saturated rings. The molecule has 0 aliphatic carbocycles. The van der Waals surface area contributed by atoms with Crippen LogP contribution in [0.2, 0.25) is 0 Å². The fourth-order valence-electron chi connectivity index (χ4n) is 0.856. The van der Waals surface area contributed by atoms with Crippen molar-refractivity contribution in [2.24, 2.45) is 0 Å². The Balaban J connectivity index is 2.62. The molecule has 0 saturated carbocycles. The summed E-state index contributed by atoms with van der Waals surface area (Å²) in [5.41, 5.74) is 0. The molecule has 0 spiro atoms. The highest BCUT2D eigenvalue weighted by Crippen LogP contribution is 2.09. The smallest absolute Gasteiger partial charge is 0.326 e. The molecule has 1 rings (SSSR count). The van der Waals surface area contributed by atoms with Crippen molar-refractivity contribution in [3.63, 3.8) is 0 Å². The molecular weight excluding hydrogens is 189 g/mol. The maximum atomic E-state index is 10.7. The van der Waals surface area contributed by atoms with Gasteiger partial charge < -0.3 is 4.52 Å². The summed E-state index contributed by atoms with van der Waals surface area (Å²) in [7, 11) is -1.43. The minimum absolute atomic E-state index is 0.00255. The first-order valence-corrected chi connectivity index (χ1v) is 5.08. The van der Waals surface area contributed by atoms with E-state index in [1.807, 2.05) is 0 Å². The molecule has 0 aromatic rings. The normalized spacial score (nSPS) is 28.3. The van der Waals surface area contributed by atoms with Crippen molar-refractivity contribution in [2.45, 2.75) is 12.5 Å². The molecule has 1 aliphatic rings. The molecule has 7 heteroatoms. The Morgan fingerprint density at radius 2 is 2.27 bits per heavy atom. The van der Waals surface area contributed by atoms with Crippen LogP contribution in [0.5, 0.6) is 0 Å². The van der Waals surface area contributed by atoms with Crippen LogP contribution in [0, 0.1) is 0 Å². The minimum atomic E-state index is -3.21. The molecule has 64 valence electrons. The molecule has 0 radical (unpaired) electrons. The van der Waals surface area contributed by atoms with E-state index in [1.54, 1.807) is 9.47 Å². The number of sulfonamides is 1. The summed E-state index contributed by atoms with van der Waals surface area (Å²) in [5, 5.41) is 0. The topological polar surface area (TPSA) is 72.5 Å². The van der Waals surface area contributed by atoms with Gasteiger partial charge in [0.05, 0.1) is 15.2 Å². The summed E-state index contributed by atoms with van der Waals surface area (Å²) in [4.78, 5) is 10.7. The van der Waals surface area contributed by atoms with E-state index in [1.165, 1.54) is 0 Å². The predicted molar refractivity (Wildman–Crippen MR) is 41.1 cm³/mol. The maximum Gasteiger partial charge on any atom is 0.326 e. The van der Waals surface area contributed by atoms with Crippen LogP contribution in [0.1, 0.15) is 6.42 Å². The number of nitrogens with one attached hydrogen (secondary N) is 1. The molecule has 1 heterocycles. The lowest BCUT2D eigenvalue weighted by atomic mass is 10.2. The third-order valence-electron chi connectivity index (χ3n) is 1.40. The highest BCUT2D eigenvalue weighted by atomic mass is 32.2. The summed E-state index contributed by atoms with van der Waals surface area (Å²) >= 11 is 0. The van der Waals surface area contributed by atoms with E-state index >= 15 is 0 Å². The molecule has 1 aliphatic heterocycles. The van der Waals surface area contributed by atoms with Gasteiger partial charge in [0.25, 0.3) is 0 Å². The van der Waals surface area contributed by atoms with Crippen molar-refractivity contribution in [2.75, 3.05) is 5.75 Å². The first-order valence-electron chi connectivity index (χ1n) is 2.96. The van der Waals surface area contributed by atoms with Gasteiger partial charge in [-0.1, -0.05) is 0 Å². The van der Waals surface area contributed by atoms with Gasteiger partial charge in [-0.05, 0) is 6.42 Å². The first-order chi connectivity index (χ1) is 5.05. The number of hydrogen-bond donors (Lipinski definition) is 1. The highest BCUT2D eigenvalue weighted by Gasteiger charge is 2.32. The van der Waals surface area contributed by atoms with Gasteiger partial charge in [-0.3, -0.25) is 4.79 Å². The Labute approximate surface area is 66.8 Å². The molecule has 1 N–H and O–H groups in total. The van der Waals surface area contributed by atoms with Crippen molar-refractivity contribution >= 4 is 25.5 Å². The van der Waals surface area contributed by atoms with Crippen LogP contribution in [0.4, 0.5) is 0 Å². The molecule has 5 nitrogen and oxygen atoms in total. The quantitative estimate of drug-likeness (QED) is 0.548. The highest BCUT2D eigenvalue weighted by molar-refractivity contribution is 7.89. The molecule has 1 saturated heterocycles. The minimum Gasteiger partial charge on any atom is -0.450 e. The molecule has 11 heavy (non-hydrogen) atoms. The second-order valence-electron chi connectivity index (χ2n) is 2.21. The van der Waals surface area contributed by atoms with E-state index in [4.69, 9.17) is 0 Å². The van der Waals surface area contributed by atoms with E-state index in [0.29, 0.717) is 0 Å². The van der Waals surface area contributed by atoms with E-state index in [2.05, 4.69) is 9.25 Å². The van der Waals surface area contributed by atoms with E-state index < -0.39 is 22.0 Å². The van der Waals surface area contributed by atoms with Crippen LogP contribution < -0.4 is 4.72 Å². The number of rotatable bonds is 1. The third kappa shape index (κ3) is 2.12. The van der Waals surface area contributed by atoms with Crippen LogP contribution in [-0.4, -0.2) is 26.2 Å². The summed E-state index contributed by atoms with van der Waals surface area (Å²) in [6.07, 6.45) is 0.287. The van der Waals surface area contributed by atoms with Gasteiger partial charge in [0, 0.05) is 0 Å². The third-order valence-corrected chi connectivity index (χ3v) is 3.05. The Hall–Kier alpha value is -0.190. The SMILES string of the molecule is O=C(OP)C1CCS(=O)(=O)N1. The predicted octanol–water partition coefficient (Wildman–Crippen LogP) is -0.989. The second-order valence-corrected chi connectivity index (χ2v) is 4.32. The van der Waals surface area contributed by atoms with Crippen molar-refractivity contribution in [1.82, 2.24) is 4.72 Å². The molecule has 2 atom stereocenters. The lowest BCUT2D eigenvalue weighted by molar-refractivity contribution is -0.134. The Bertz CT molecular complexity index is 261. The van der Waals surface area contributed by atoms with Gasteiger partial charge in [-0.2, -0.15) is 0 Å². The lowest BCUT2D eigenvalue weighted by Gasteiger charge is -2.03. The number of carbonyl (C=O) groups excluding carboxylic acids is 1. The van der Waals surface area contributed by atoms with Crippen LogP contribution in [0.15, 0.2) is 0 Å². The number of hydrogen-bond acceptors (Lipinski definition) is 4. The van der Waals surface area contributed by atoms with Crippen LogP contribution in [-0.2, 0) is 19.3 Å². The second kappa shape index (κ2) is 3.05. The summed E-state index contributed by atoms with van der Waals surface area (Å²) in [6.45, 7) is 0. The Morgan fingerprint density at radius 3 is 2.64 bits per heavy atom. The zero-order chi connectivity index (χ0) is 8.48. The van der Waals surface area contributed by atoms with Gasteiger partial charge in [-0.15, -0.1) is 0 Å². The van der Waals surface area contributed by atoms with Crippen LogP contribution >= 0.6 is 9.47 Å². The fraction of sp³-hybridized carbons (Fsp3) is 0.750. The average molecular weight is 197 g/mol. The monoisotopic (exact) mass is 197 g/mol. The molecular formula is C4H8NO4PS. The molecule has 0 bridgehead atoms. The fourth-order valence-corrected chi connectivity index (χ4v) is 2.33. The standard InChI is InChI=1S/C4H8NO4PS/c6-4(9-10)3-1-2-11(7,8)5-3/h3,5H,1-2,10H2. The van der Waals surface area contributed by atoms with Crippen molar-refractivity contribution in [3.8, 4) is 0 Å². The van der Waals surface area contributed by atoms with Gasteiger partial charge in [0.1, 0.15) is 6.04 Å². The van der Waals surface area contributed by atoms with Gasteiger partial charge >= 0.3 is 5.97 Å². The lowest BCUT2D eigenvalue weighted by Crippen LogP contribution is -2.33. The Morgan fingerprint density at radius 1 is 1.64 bits per heavy atom. The van der Waals surface area contributed by atoms with Gasteiger partial charge in [0.2, 0.25) is 10.0 Å². The Kier molecular flexibility index (Phi) is 2.47. The zero-order valence-corrected chi connectivity index (χ0v) is 7.58. The summed E-state index contributed by atoms with van der Waals surface area (Å²) in [5.74, 6) is -0.562. The molecule has 0 aromatic carbocycles. The summed E-state index contributed by atoms with van der Waals surface area (Å²) in [6, 6.07) is -0.697. The van der Waals surface area contributed by atoms with Crippen molar-refractivity contribution < 1.29 is 17.7 Å². The van der Waals surface area contributed by atoms with Crippen LogP contribution in [0.3, 0.4) is 0 Å². The van der Waals surface area contributed by atoms with E-state index in [9.17, 15) is 13.2 Å². The van der Waals surface area contributed by atoms with E-state index in [0.717, 1.165) is 0 Å². The van der Waals surface area contributed by atoms with Crippen molar-refractivity contribution in [1.29, 1.82) is 0 Å².